The number of carboxylic acids is 1. The Morgan fingerprint density at radius 3 is 2.65 bits per heavy atom. The van der Waals surface area contributed by atoms with E-state index in [0.717, 1.165) is 6.42 Å². The minimum absolute atomic E-state index is 0.0244. The van der Waals surface area contributed by atoms with Crippen LogP contribution >= 0.6 is 0 Å². The van der Waals surface area contributed by atoms with Crippen LogP contribution in [0.25, 0.3) is 0 Å². The van der Waals surface area contributed by atoms with Crippen LogP contribution in [-0.4, -0.2) is 42.7 Å². The Morgan fingerprint density at radius 2 is 2.06 bits per heavy atom. The third kappa shape index (κ3) is 5.87. The molecule has 0 spiro atoms. The van der Waals surface area contributed by atoms with Crippen molar-refractivity contribution in [2.24, 2.45) is 0 Å². The fourth-order valence-corrected chi connectivity index (χ4v) is 1.37. The summed E-state index contributed by atoms with van der Waals surface area (Å²) >= 11 is 0. The smallest absolute Gasteiger partial charge is 0.317 e. The van der Waals surface area contributed by atoms with Crippen molar-refractivity contribution in [1.82, 2.24) is 4.90 Å². The van der Waals surface area contributed by atoms with Gasteiger partial charge in [0.15, 0.2) is 0 Å². The maximum absolute atomic E-state index is 12.6. The molecular formula is C12H16FNO3. The fraction of sp³-hybridized carbons (Fsp3) is 0.417. The van der Waals surface area contributed by atoms with E-state index in [9.17, 15) is 9.18 Å². The number of carbonyl (C=O) groups is 1. The number of nitrogens with zero attached hydrogens (tertiary/aromatic N) is 1. The number of carboxylic acid groups (broad SMARTS) is 1. The summed E-state index contributed by atoms with van der Waals surface area (Å²) in [5.74, 6) is -0.516. The van der Waals surface area contributed by atoms with Crippen LogP contribution < -0.4 is 4.74 Å². The third-order valence-corrected chi connectivity index (χ3v) is 2.17. The van der Waals surface area contributed by atoms with E-state index in [4.69, 9.17) is 9.84 Å². The lowest BCUT2D eigenvalue weighted by Crippen LogP contribution is -2.27. The fourth-order valence-electron chi connectivity index (χ4n) is 1.37. The van der Waals surface area contributed by atoms with Crippen LogP contribution in [0, 0.1) is 5.82 Å². The first kappa shape index (κ1) is 13.4. The van der Waals surface area contributed by atoms with E-state index in [1.165, 1.54) is 12.1 Å². The largest absolute Gasteiger partial charge is 0.494 e. The summed E-state index contributed by atoms with van der Waals surface area (Å²) in [5, 5.41) is 8.54. The van der Waals surface area contributed by atoms with Crippen LogP contribution in [0.4, 0.5) is 4.39 Å². The van der Waals surface area contributed by atoms with Gasteiger partial charge in [0.25, 0.3) is 0 Å². The molecule has 0 aromatic heterocycles. The van der Waals surface area contributed by atoms with Crippen LogP contribution in [-0.2, 0) is 4.79 Å². The summed E-state index contributed by atoms with van der Waals surface area (Å²) < 4.78 is 18.0. The van der Waals surface area contributed by atoms with Crippen molar-refractivity contribution in [2.75, 3.05) is 26.7 Å². The Balaban J connectivity index is 2.15. The Labute approximate surface area is 99.6 Å². The van der Waals surface area contributed by atoms with Crippen LogP contribution in [0.15, 0.2) is 24.3 Å². The highest BCUT2D eigenvalue weighted by molar-refractivity contribution is 5.68. The molecule has 0 amide bonds. The van der Waals surface area contributed by atoms with Crippen LogP contribution in [0.5, 0.6) is 5.75 Å². The average Bonchev–Trinajstić information content (AvgIpc) is 2.26. The van der Waals surface area contributed by atoms with Gasteiger partial charge >= 0.3 is 5.97 Å². The maximum Gasteiger partial charge on any atom is 0.317 e. The van der Waals surface area contributed by atoms with Gasteiger partial charge in [0.2, 0.25) is 0 Å². The summed E-state index contributed by atoms with van der Waals surface area (Å²) in [7, 11) is 1.74. The highest BCUT2D eigenvalue weighted by Gasteiger charge is 2.03. The number of halogens is 1. The molecule has 0 saturated carbocycles. The standard InChI is InChI=1S/C12H16FNO3/c1-14(9-12(15)16)7-2-8-17-11-5-3-10(13)4-6-11/h3-6H,2,7-9H2,1H3,(H,15,16). The molecule has 0 atom stereocenters. The van der Waals surface area contributed by atoms with Gasteiger partial charge in [-0.05, 0) is 37.7 Å². The van der Waals surface area contributed by atoms with Crippen molar-refractivity contribution in [2.45, 2.75) is 6.42 Å². The van der Waals surface area contributed by atoms with E-state index < -0.39 is 5.97 Å². The number of ether oxygens (including phenoxy) is 1. The van der Waals surface area contributed by atoms with E-state index >= 15 is 0 Å². The molecule has 1 aromatic rings. The molecule has 0 aliphatic carbocycles. The van der Waals surface area contributed by atoms with Gasteiger partial charge in [-0.1, -0.05) is 0 Å². The van der Waals surface area contributed by atoms with Crippen molar-refractivity contribution >= 4 is 5.97 Å². The molecule has 1 N–H and O–H groups in total. The molecule has 5 heteroatoms. The molecule has 0 fully saturated rings. The first-order chi connectivity index (χ1) is 8.08. The summed E-state index contributed by atoms with van der Waals surface area (Å²) in [6, 6.07) is 5.81. The molecule has 0 aliphatic heterocycles. The van der Waals surface area contributed by atoms with Crippen LogP contribution in [0.2, 0.25) is 0 Å². The van der Waals surface area contributed by atoms with Gasteiger partial charge in [-0.2, -0.15) is 0 Å². The van der Waals surface area contributed by atoms with Crippen molar-refractivity contribution < 1.29 is 19.0 Å². The first-order valence-corrected chi connectivity index (χ1v) is 5.36. The van der Waals surface area contributed by atoms with E-state index in [1.54, 1.807) is 24.1 Å². The topological polar surface area (TPSA) is 49.8 Å². The molecule has 0 radical (unpaired) electrons. The summed E-state index contributed by atoms with van der Waals surface area (Å²) in [4.78, 5) is 12.1. The number of aliphatic carboxylic acids is 1. The lowest BCUT2D eigenvalue weighted by Gasteiger charge is -2.13. The number of hydrogen-bond acceptors (Lipinski definition) is 3. The van der Waals surface area contributed by atoms with E-state index in [0.29, 0.717) is 18.9 Å². The third-order valence-electron chi connectivity index (χ3n) is 2.17. The molecule has 0 heterocycles. The predicted molar refractivity (Wildman–Crippen MR) is 61.6 cm³/mol. The van der Waals surface area contributed by atoms with Gasteiger partial charge in [-0.15, -0.1) is 0 Å². The molecule has 1 rings (SSSR count). The zero-order chi connectivity index (χ0) is 12.7. The van der Waals surface area contributed by atoms with Crippen molar-refractivity contribution in [3.05, 3.63) is 30.1 Å². The molecule has 0 unspecified atom stereocenters. The van der Waals surface area contributed by atoms with Crippen LogP contribution in [0.1, 0.15) is 6.42 Å². The molecule has 1 aromatic carbocycles. The molecule has 0 aliphatic rings. The Kier molecular flexibility index (Phi) is 5.42. The summed E-state index contributed by atoms with van der Waals surface area (Å²) in [6.07, 6.45) is 0.723. The molecule has 17 heavy (non-hydrogen) atoms. The quantitative estimate of drug-likeness (QED) is 0.737. The summed E-state index contributed by atoms with van der Waals surface area (Å²) in [5.41, 5.74) is 0. The van der Waals surface area contributed by atoms with Gasteiger partial charge in [0, 0.05) is 6.54 Å². The summed E-state index contributed by atoms with van der Waals surface area (Å²) in [6.45, 7) is 1.15. The lowest BCUT2D eigenvalue weighted by atomic mass is 10.3. The van der Waals surface area contributed by atoms with Crippen molar-refractivity contribution in [3.8, 4) is 5.75 Å². The number of rotatable bonds is 7. The van der Waals surface area contributed by atoms with E-state index in [2.05, 4.69) is 0 Å². The molecule has 94 valence electrons. The Morgan fingerprint density at radius 1 is 1.41 bits per heavy atom. The monoisotopic (exact) mass is 241 g/mol. The number of hydrogen-bond donors (Lipinski definition) is 1. The SMILES string of the molecule is CN(CCCOc1ccc(F)cc1)CC(=O)O. The van der Waals surface area contributed by atoms with E-state index in [-0.39, 0.29) is 12.4 Å². The van der Waals surface area contributed by atoms with Gasteiger partial charge in [-0.3, -0.25) is 9.69 Å². The number of benzene rings is 1. The zero-order valence-electron chi connectivity index (χ0n) is 9.73. The zero-order valence-corrected chi connectivity index (χ0v) is 9.73. The minimum Gasteiger partial charge on any atom is -0.494 e. The van der Waals surface area contributed by atoms with Gasteiger partial charge in [-0.25, -0.2) is 4.39 Å². The maximum atomic E-state index is 12.6. The number of likely N-dealkylation sites (N-methyl/N-ethyl adjacent to an activating group) is 1. The average molecular weight is 241 g/mol. The Bertz CT molecular complexity index is 353. The second-order valence-electron chi connectivity index (χ2n) is 3.79. The molecule has 0 bridgehead atoms. The lowest BCUT2D eigenvalue weighted by molar-refractivity contribution is -0.138. The van der Waals surface area contributed by atoms with Gasteiger partial charge in [0.05, 0.1) is 13.2 Å². The molecule has 0 saturated heterocycles. The van der Waals surface area contributed by atoms with Crippen molar-refractivity contribution in [3.63, 3.8) is 0 Å². The van der Waals surface area contributed by atoms with Gasteiger partial charge < -0.3 is 9.84 Å². The van der Waals surface area contributed by atoms with Crippen LogP contribution in [0.3, 0.4) is 0 Å². The molecular weight excluding hydrogens is 225 g/mol. The predicted octanol–water partition coefficient (Wildman–Crippen LogP) is 1.61. The van der Waals surface area contributed by atoms with Crippen molar-refractivity contribution in [1.29, 1.82) is 0 Å². The van der Waals surface area contributed by atoms with Gasteiger partial charge in [0.1, 0.15) is 11.6 Å². The Hall–Kier alpha value is -1.62. The second kappa shape index (κ2) is 6.85. The van der Waals surface area contributed by atoms with E-state index in [1.807, 2.05) is 0 Å². The normalized spacial score (nSPS) is 10.5. The minimum atomic E-state index is -0.841. The molecule has 4 nitrogen and oxygen atoms in total. The second-order valence-corrected chi connectivity index (χ2v) is 3.79. The highest BCUT2D eigenvalue weighted by Crippen LogP contribution is 2.11. The first-order valence-electron chi connectivity index (χ1n) is 5.36. The highest BCUT2D eigenvalue weighted by atomic mass is 19.1.